The fourth-order valence-corrected chi connectivity index (χ4v) is 1.59. The van der Waals surface area contributed by atoms with E-state index in [-0.39, 0.29) is 25.3 Å². The first-order valence-corrected chi connectivity index (χ1v) is 5.45. The molecule has 0 aliphatic heterocycles. The fourth-order valence-electron chi connectivity index (χ4n) is 1.59. The van der Waals surface area contributed by atoms with Gasteiger partial charge in [-0.05, 0) is 34.0 Å². The maximum absolute atomic E-state index is 9.06. The lowest BCUT2D eigenvalue weighted by molar-refractivity contribution is 0.208. The molecule has 2 atom stereocenters. The zero-order valence-corrected chi connectivity index (χ0v) is 9.95. The minimum absolute atomic E-state index is 0.110. The van der Waals surface area contributed by atoms with Gasteiger partial charge in [-0.3, -0.25) is 0 Å². The van der Waals surface area contributed by atoms with Crippen LogP contribution in [0.3, 0.4) is 0 Å². The van der Waals surface area contributed by atoms with Crippen molar-refractivity contribution in [3.05, 3.63) is 0 Å². The Labute approximate surface area is 92.3 Å². The van der Waals surface area contributed by atoms with Crippen LogP contribution < -0.4 is 16.0 Å². The first-order valence-electron chi connectivity index (χ1n) is 5.45. The molecule has 0 aromatic rings. The number of likely N-dealkylation sites (N-methyl/N-ethyl adjacent to an activating group) is 2. The topological polar surface area (TPSA) is 76.5 Å². The van der Waals surface area contributed by atoms with Gasteiger partial charge in [-0.25, -0.2) is 0 Å². The molecule has 0 rings (SSSR count). The maximum atomic E-state index is 9.06. The lowest BCUT2D eigenvalue weighted by atomic mass is 10.0. The summed E-state index contributed by atoms with van der Waals surface area (Å²) >= 11 is 0. The van der Waals surface area contributed by atoms with E-state index < -0.39 is 0 Å². The third-order valence-corrected chi connectivity index (χ3v) is 2.80. The van der Waals surface area contributed by atoms with Crippen molar-refractivity contribution in [3.63, 3.8) is 0 Å². The molecule has 0 heterocycles. The zero-order valence-electron chi connectivity index (χ0n) is 9.95. The van der Waals surface area contributed by atoms with Gasteiger partial charge in [0.1, 0.15) is 0 Å². The summed E-state index contributed by atoms with van der Waals surface area (Å²) in [7, 11) is 5.59. The summed E-state index contributed by atoms with van der Waals surface area (Å²) in [6.07, 6.45) is 1.70. The molecule has 0 fully saturated rings. The molecule has 0 amide bonds. The van der Waals surface area contributed by atoms with Crippen molar-refractivity contribution in [1.82, 2.24) is 16.0 Å². The van der Waals surface area contributed by atoms with Gasteiger partial charge in [-0.2, -0.15) is 0 Å². The summed E-state index contributed by atoms with van der Waals surface area (Å²) in [6, 6.07) is 0.511. The molecule has 5 heteroatoms. The molecule has 0 aromatic carbocycles. The molecule has 0 saturated carbocycles. The Bertz CT molecular complexity index is 125. The number of nitrogens with one attached hydrogen (secondary N) is 3. The van der Waals surface area contributed by atoms with Gasteiger partial charge in [0.05, 0.1) is 13.2 Å². The second-order valence-electron chi connectivity index (χ2n) is 3.79. The molecule has 2 unspecified atom stereocenters. The van der Waals surface area contributed by atoms with E-state index in [9.17, 15) is 0 Å². The number of hydrogen-bond donors (Lipinski definition) is 5. The van der Waals surface area contributed by atoms with Crippen molar-refractivity contribution in [2.24, 2.45) is 0 Å². The summed E-state index contributed by atoms with van der Waals surface area (Å²) in [5, 5.41) is 27.4. The van der Waals surface area contributed by atoms with Gasteiger partial charge in [-0.15, -0.1) is 0 Å². The monoisotopic (exact) mass is 219 g/mol. The van der Waals surface area contributed by atoms with Crippen molar-refractivity contribution in [2.45, 2.75) is 31.0 Å². The average Bonchev–Trinajstić information content (AvgIpc) is 2.30. The largest absolute Gasteiger partial charge is 0.395 e. The Morgan fingerprint density at radius 1 is 0.733 bits per heavy atom. The summed E-state index contributed by atoms with van der Waals surface area (Å²) < 4.78 is 0. The smallest absolute Gasteiger partial charge is 0.0585 e. The Morgan fingerprint density at radius 3 is 1.27 bits per heavy atom. The highest BCUT2D eigenvalue weighted by atomic mass is 16.3. The van der Waals surface area contributed by atoms with E-state index in [0.717, 1.165) is 12.8 Å². The minimum atomic E-state index is 0.110. The summed E-state index contributed by atoms with van der Waals surface area (Å²) in [5.41, 5.74) is 0. The van der Waals surface area contributed by atoms with Crippen molar-refractivity contribution in [2.75, 3.05) is 34.4 Å². The molecule has 0 aliphatic rings. The van der Waals surface area contributed by atoms with Crippen molar-refractivity contribution < 1.29 is 10.2 Å². The van der Waals surface area contributed by atoms with E-state index in [4.69, 9.17) is 10.2 Å². The van der Waals surface area contributed by atoms with Crippen molar-refractivity contribution >= 4 is 0 Å². The lowest BCUT2D eigenvalue weighted by Crippen LogP contribution is -2.42. The molecule has 0 radical (unpaired) electrons. The molecule has 5 N–H and O–H groups in total. The standard InChI is InChI=1S/C10H25N3O2/c1-11-8(4-9(6-14)12-2)5-10(7-15)13-3/h8-15H,4-7H2,1-3H3. The van der Waals surface area contributed by atoms with Gasteiger partial charge < -0.3 is 26.2 Å². The van der Waals surface area contributed by atoms with Gasteiger partial charge in [0.2, 0.25) is 0 Å². The molecule has 5 nitrogen and oxygen atoms in total. The van der Waals surface area contributed by atoms with E-state index in [1.165, 1.54) is 0 Å². The van der Waals surface area contributed by atoms with E-state index >= 15 is 0 Å². The number of aliphatic hydroxyl groups excluding tert-OH is 2. The number of aliphatic hydroxyl groups is 2. The maximum Gasteiger partial charge on any atom is 0.0585 e. The highest BCUT2D eigenvalue weighted by Crippen LogP contribution is 2.05. The predicted molar refractivity (Wildman–Crippen MR) is 61.9 cm³/mol. The van der Waals surface area contributed by atoms with Crippen LogP contribution in [-0.4, -0.2) is 62.7 Å². The normalized spacial score (nSPS) is 17.4. The van der Waals surface area contributed by atoms with Crippen LogP contribution in [0.1, 0.15) is 12.8 Å². The van der Waals surface area contributed by atoms with E-state index in [1.807, 2.05) is 21.1 Å². The minimum Gasteiger partial charge on any atom is -0.395 e. The molecule has 0 bridgehead atoms. The molecule has 0 aromatic heterocycles. The molecule has 15 heavy (non-hydrogen) atoms. The highest BCUT2D eigenvalue weighted by molar-refractivity contribution is 4.78. The summed E-state index contributed by atoms with van der Waals surface area (Å²) in [5.74, 6) is 0. The fraction of sp³-hybridized carbons (Fsp3) is 1.00. The van der Waals surface area contributed by atoms with Crippen LogP contribution in [0.25, 0.3) is 0 Å². The highest BCUT2D eigenvalue weighted by Gasteiger charge is 2.16. The van der Waals surface area contributed by atoms with Crippen LogP contribution in [0.5, 0.6) is 0 Å². The quantitative estimate of drug-likeness (QED) is 0.327. The number of rotatable bonds is 9. The van der Waals surface area contributed by atoms with E-state index in [1.54, 1.807) is 0 Å². The summed E-state index contributed by atoms with van der Waals surface area (Å²) in [6.45, 7) is 0.274. The second-order valence-corrected chi connectivity index (χ2v) is 3.79. The second kappa shape index (κ2) is 9.06. The third kappa shape index (κ3) is 6.06. The van der Waals surface area contributed by atoms with Gasteiger partial charge in [0.25, 0.3) is 0 Å². The van der Waals surface area contributed by atoms with Crippen LogP contribution in [-0.2, 0) is 0 Å². The Hall–Kier alpha value is -0.200. The molecular weight excluding hydrogens is 194 g/mol. The Morgan fingerprint density at radius 2 is 1.07 bits per heavy atom. The predicted octanol–water partition coefficient (Wildman–Crippen LogP) is -1.48. The van der Waals surface area contributed by atoms with Gasteiger partial charge in [0.15, 0.2) is 0 Å². The van der Waals surface area contributed by atoms with Crippen LogP contribution in [0.15, 0.2) is 0 Å². The van der Waals surface area contributed by atoms with Gasteiger partial charge >= 0.3 is 0 Å². The van der Waals surface area contributed by atoms with Gasteiger partial charge in [-0.1, -0.05) is 0 Å². The molecule has 0 aliphatic carbocycles. The first-order chi connectivity index (χ1) is 7.21. The molecular formula is C10H25N3O2. The van der Waals surface area contributed by atoms with Crippen molar-refractivity contribution in [1.29, 1.82) is 0 Å². The van der Waals surface area contributed by atoms with Crippen LogP contribution in [0, 0.1) is 0 Å². The lowest BCUT2D eigenvalue weighted by Gasteiger charge is -2.25. The molecule has 0 saturated heterocycles. The zero-order chi connectivity index (χ0) is 11.7. The van der Waals surface area contributed by atoms with E-state index in [0.29, 0.717) is 6.04 Å². The molecule has 92 valence electrons. The Balaban J connectivity index is 4.00. The van der Waals surface area contributed by atoms with Crippen LogP contribution >= 0.6 is 0 Å². The van der Waals surface area contributed by atoms with Crippen molar-refractivity contribution in [3.8, 4) is 0 Å². The third-order valence-electron chi connectivity index (χ3n) is 2.80. The SMILES string of the molecule is CNC(CO)CC(CC(CO)NC)NC. The van der Waals surface area contributed by atoms with Crippen LogP contribution in [0.2, 0.25) is 0 Å². The number of hydrogen-bond acceptors (Lipinski definition) is 5. The first kappa shape index (κ1) is 14.8. The van der Waals surface area contributed by atoms with Crippen LogP contribution in [0.4, 0.5) is 0 Å². The average molecular weight is 219 g/mol. The molecule has 0 spiro atoms. The van der Waals surface area contributed by atoms with Gasteiger partial charge in [0, 0.05) is 18.1 Å². The van der Waals surface area contributed by atoms with E-state index in [2.05, 4.69) is 16.0 Å². The summed E-state index contributed by atoms with van der Waals surface area (Å²) in [4.78, 5) is 0. The Kier molecular flexibility index (Phi) is 8.94.